The van der Waals surface area contributed by atoms with Crippen LogP contribution in [0.2, 0.25) is 5.02 Å². The molecule has 0 aliphatic heterocycles. The maximum absolute atomic E-state index is 12.2. The molecule has 0 heterocycles. The number of nitrogens with one attached hydrogen (secondary N) is 2. The van der Waals surface area contributed by atoms with E-state index in [0.717, 1.165) is 5.56 Å². The molecule has 0 aliphatic rings. The van der Waals surface area contributed by atoms with Gasteiger partial charge in [-0.1, -0.05) is 29.8 Å². The molecular formula is C18H19ClN2O3. The number of halogens is 1. The van der Waals surface area contributed by atoms with Crippen LogP contribution < -0.4 is 15.4 Å². The Morgan fingerprint density at radius 2 is 1.92 bits per heavy atom. The van der Waals surface area contributed by atoms with Gasteiger partial charge in [-0.3, -0.25) is 9.59 Å². The first kappa shape index (κ1) is 17.8. The highest BCUT2D eigenvalue weighted by Gasteiger charge is 2.13. The minimum absolute atomic E-state index is 0.163. The van der Waals surface area contributed by atoms with Crippen LogP contribution in [0.25, 0.3) is 0 Å². The Labute approximate surface area is 146 Å². The second-order valence-corrected chi connectivity index (χ2v) is 5.55. The quantitative estimate of drug-likeness (QED) is 0.842. The molecule has 0 saturated heterocycles. The molecule has 2 amide bonds. The summed E-state index contributed by atoms with van der Waals surface area (Å²) >= 11 is 6.07. The van der Waals surface area contributed by atoms with E-state index >= 15 is 0 Å². The molecule has 24 heavy (non-hydrogen) atoms. The summed E-state index contributed by atoms with van der Waals surface area (Å²) in [4.78, 5) is 24.2. The van der Waals surface area contributed by atoms with Gasteiger partial charge in [0, 0.05) is 0 Å². The predicted molar refractivity (Wildman–Crippen MR) is 94.8 cm³/mol. The number of benzene rings is 2. The van der Waals surface area contributed by atoms with E-state index in [2.05, 4.69) is 10.6 Å². The molecule has 2 aromatic carbocycles. The molecule has 0 fully saturated rings. The molecule has 0 aliphatic carbocycles. The molecule has 0 aromatic heterocycles. The highest BCUT2D eigenvalue weighted by atomic mass is 35.5. The summed E-state index contributed by atoms with van der Waals surface area (Å²) in [6, 6.07) is 12.2. The molecule has 2 N–H and O–H groups in total. The SMILES string of the molecule is CCOc1ccccc1C(=O)NCC(=O)Nc1ccc(C)cc1Cl. The average Bonchev–Trinajstić information content (AvgIpc) is 2.56. The molecule has 2 rings (SSSR count). The van der Waals surface area contributed by atoms with Crippen LogP contribution in [-0.2, 0) is 4.79 Å². The molecule has 2 aromatic rings. The molecule has 0 bridgehead atoms. The Balaban J connectivity index is 1.95. The molecule has 0 spiro atoms. The summed E-state index contributed by atoms with van der Waals surface area (Å²) in [5, 5.41) is 5.70. The third-order valence-electron chi connectivity index (χ3n) is 3.24. The Hall–Kier alpha value is -2.53. The smallest absolute Gasteiger partial charge is 0.255 e. The fourth-order valence-corrected chi connectivity index (χ4v) is 2.39. The van der Waals surface area contributed by atoms with Crippen molar-refractivity contribution in [3.8, 4) is 5.75 Å². The molecule has 126 valence electrons. The number of aryl methyl sites for hydroxylation is 1. The Kier molecular flexibility index (Phi) is 6.21. The molecule has 5 nitrogen and oxygen atoms in total. The standard InChI is InChI=1S/C18H19ClN2O3/c1-3-24-16-7-5-4-6-13(16)18(23)20-11-17(22)21-15-9-8-12(2)10-14(15)19/h4-10H,3,11H2,1-2H3,(H,20,23)(H,21,22). The predicted octanol–water partition coefficient (Wildman–Crippen LogP) is 3.42. The van der Waals surface area contributed by atoms with Gasteiger partial charge in [0.2, 0.25) is 5.91 Å². The minimum atomic E-state index is -0.371. The summed E-state index contributed by atoms with van der Waals surface area (Å²) in [7, 11) is 0. The first-order valence-electron chi connectivity index (χ1n) is 7.57. The fraction of sp³-hybridized carbons (Fsp3) is 0.222. The number of ether oxygens (including phenoxy) is 1. The average molecular weight is 347 g/mol. The van der Waals surface area contributed by atoms with E-state index < -0.39 is 0 Å². The second kappa shape index (κ2) is 8.36. The van der Waals surface area contributed by atoms with Crippen molar-refractivity contribution in [3.63, 3.8) is 0 Å². The maximum Gasteiger partial charge on any atom is 0.255 e. The summed E-state index contributed by atoms with van der Waals surface area (Å²) in [5.74, 6) is -0.244. The lowest BCUT2D eigenvalue weighted by Crippen LogP contribution is -2.33. The Bertz CT molecular complexity index is 747. The van der Waals surface area contributed by atoms with Gasteiger partial charge in [0.1, 0.15) is 5.75 Å². The Morgan fingerprint density at radius 3 is 2.62 bits per heavy atom. The highest BCUT2D eigenvalue weighted by molar-refractivity contribution is 6.33. The van der Waals surface area contributed by atoms with E-state index in [9.17, 15) is 9.59 Å². The lowest BCUT2D eigenvalue weighted by atomic mass is 10.2. The lowest BCUT2D eigenvalue weighted by Gasteiger charge is -2.11. The number of amides is 2. The van der Waals surface area contributed by atoms with E-state index in [1.807, 2.05) is 19.9 Å². The number of rotatable bonds is 6. The van der Waals surface area contributed by atoms with Crippen molar-refractivity contribution in [2.45, 2.75) is 13.8 Å². The van der Waals surface area contributed by atoms with Gasteiger partial charge in [0.15, 0.2) is 0 Å². The summed E-state index contributed by atoms with van der Waals surface area (Å²) < 4.78 is 5.41. The first-order chi connectivity index (χ1) is 11.5. The van der Waals surface area contributed by atoms with Gasteiger partial charge in [-0.15, -0.1) is 0 Å². The van der Waals surface area contributed by atoms with E-state index in [1.165, 1.54) is 0 Å². The summed E-state index contributed by atoms with van der Waals surface area (Å²) in [6.07, 6.45) is 0. The molecule has 0 radical (unpaired) electrons. The van der Waals surface area contributed by atoms with Gasteiger partial charge in [-0.05, 0) is 43.7 Å². The number of hydrogen-bond acceptors (Lipinski definition) is 3. The molecule has 0 atom stereocenters. The monoisotopic (exact) mass is 346 g/mol. The van der Waals surface area contributed by atoms with Gasteiger partial charge < -0.3 is 15.4 Å². The largest absolute Gasteiger partial charge is 0.493 e. The number of hydrogen-bond donors (Lipinski definition) is 2. The van der Waals surface area contributed by atoms with Crippen molar-refractivity contribution in [1.82, 2.24) is 5.32 Å². The van der Waals surface area contributed by atoms with E-state index in [4.69, 9.17) is 16.3 Å². The minimum Gasteiger partial charge on any atom is -0.493 e. The van der Waals surface area contributed by atoms with Crippen LogP contribution in [0.1, 0.15) is 22.8 Å². The van der Waals surface area contributed by atoms with Crippen LogP contribution in [0, 0.1) is 6.92 Å². The number of carbonyl (C=O) groups excluding carboxylic acids is 2. The zero-order valence-electron chi connectivity index (χ0n) is 13.6. The van der Waals surface area contributed by atoms with Gasteiger partial charge in [0.25, 0.3) is 5.91 Å². The van der Waals surface area contributed by atoms with E-state index in [0.29, 0.717) is 28.6 Å². The number of para-hydroxylation sites is 1. The van der Waals surface area contributed by atoms with Crippen LogP contribution in [0.15, 0.2) is 42.5 Å². The lowest BCUT2D eigenvalue weighted by molar-refractivity contribution is -0.115. The van der Waals surface area contributed by atoms with Crippen molar-refractivity contribution >= 4 is 29.1 Å². The summed E-state index contributed by atoms with van der Waals surface area (Å²) in [5.41, 5.74) is 1.90. The zero-order valence-corrected chi connectivity index (χ0v) is 14.3. The van der Waals surface area contributed by atoms with Crippen LogP contribution >= 0.6 is 11.6 Å². The van der Waals surface area contributed by atoms with Crippen molar-refractivity contribution < 1.29 is 14.3 Å². The van der Waals surface area contributed by atoms with E-state index in [-0.39, 0.29) is 18.4 Å². The van der Waals surface area contributed by atoms with Gasteiger partial charge in [-0.25, -0.2) is 0 Å². The van der Waals surface area contributed by atoms with Gasteiger partial charge in [0.05, 0.1) is 29.4 Å². The van der Waals surface area contributed by atoms with Crippen molar-refractivity contribution in [2.24, 2.45) is 0 Å². The van der Waals surface area contributed by atoms with E-state index in [1.54, 1.807) is 36.4 Å². The third kappa shape index (κ3) is 4.73. The molecule has 6 heteroatoms. The first-order valence-corrected chi connectivity index (χ1v) is 7.95. The zero-order chi connectivity index (χ0) is 17.5. The van der Waals surface area contributed by atoms with Crippen LogP contribution in [0.5, 0.6) is 5.75 Å². The Morgan fingerprint density at radius 1 is 1.17 bits per heavy atom. The third-order valence-corrected chi connectivity index (χ3v) is 3.55. The highest BCUT2D eigenvalue weighted by Crippen LogP contribution is 2.22. The molecular weight excluding hydrogens is 328 g/mol. The van der Waals surface area contributed by atoms with Crippen molar-refractivity contribution in [1.29, 1.82) is 0 Å². The molecule has 0 saturated carbocycles. The van der Waals surface area contributed by atoms with Crippen LogP contribution in [0.4, 0.5) is 5.69 Å². The van der Waals surface area contributed by atoms with Crippen molar-refractivity contribution in [3.05, 3.63) is 58.6 Å². The summed E-state index contributed by atoms with van der Waals surface area (Å²) in [6.45, 7) is 4.04. The fourth-order valence-electron chi connectivity index (χ4n) is 2.11. The topological polar surface area (TPSA) is 67.4 Å². The normalized spacial score (nSPS) is 10.1. The maximum atomic E-state index is 12.2. The van der Waals surface area contributed by atoms with Crippen LogP contribution in [0.3, 0.4) is 0 Å². The van der Waals surface area contributed by atoms with Gasteiger partial charge in [-0.2, -0.15) is 0 Å². The van der Waals surface area contributed by atoms with Crippen molar-refractivity contribution in [2.75, 3.05) is 18.5 Å². The number of carbonyl (C=O) groups is 2. The number of anilines is 1. The molecule has 0 unspecified atom stereocenters. The second-order valence-electron chi connectivity index (χ2n) is 5.14. The van der Waals surface area contributed by atoms with Crippen LogP contribution in [-0.4, -0.2) is 25.0 Å². The van der Waals surface area contributed by atoms with Gasteiger partial charge >= 0.3 is 0 Å².